The summed E-state index contributed by atoms with van der Waals surface area (Å²) in [6.07, 6.45) is -0.996. The number of hydrogen-bond acceptors (Lipinski definition) is 3. The summed E-state index contributed by atoms with van der Waals surface area (Å²) < 4.78 is 18.6. The van der Waals surface area contributed by atoms with Crippen molar-refractivity contribution in [3.63, 3.8) is 0 Å². The summed E-state index contributed by atoms with van der Waals surface area (Å²) in [5.74, 6) is -1.60. The maximum Gasteiger partial charge on any atom is 0.340 e. The van der Waals surface area contributed by atoms with E-state index in [0.29, 0.717) is 5.69 Å². The number of nitrogens with one attached hydrogen (secondary N) is 1. The van der Waals surface area contributed by atoms with E-state index in [1.54, 1.807) is 0 Å². The van der Waals surface area contributed by atoms with E-state index in [2.05, 4.69) is 21.2 Å². The Labute approximate surface area is 154 Å². The van der Waals surface area contributed by atoms with Crippen LogP contribution in [0.25, 0.3) is 0 Å². The number of amides is 1. The minimum Gasteiger partial charge on any atom is -0.449 e. The van der Waals surface area contributed by atoms with Crippen molar-refractivity contribution in [1.29, 1.82) is 0 Å². The van der Waals surface area contributed by atoms with Crippen LogP contribution in [0.15, 0.2) is 34.8 Å². The molecule has 2 aromatic carbocycles. The molecule has 132 valence electrons. The van der Waals surface area contributed by atoms with Crippen LogP contribution in [0.1, 0.15) is 34.0 Å². The van der Waals surface area contributed by atoms with E-state index in [-0.39, 0.29) is 10.0 Å². The highest BCUT2D eigenvalue weighted by atomic mass is 79.9. The summed E-state index contributed by atoms with van der Waals surface area (Å²) in [5, 5.41) is 2.80. The van der Waals surface area contributed by atoms with Crippen LogP contribution in [0.4, 0.5) is 10.1 Å². The van der Waals surface area contributed by atoms with E-state index in [9.17, 15) is 14.0 Å². The van der Waals surface area contributed by atoms with Crippen molar-refractivity contribution in [2.45, 2.75) is 33.8 Å². The van der Waals surface area contributed by atoms with E-state index in [4.69, 9.17) is 4.74 Å². The Balaban J connectivity index is 2.09. The summed E-state index contributed by atoms with van der Waals surface area (Å²) >= 11 is 3.11. The van der Waals surface area contributed by atoms with Gasteiger partial charge in [-0.2, -0.15) is 0 Å². The molecule has 0 radical (unpaired) electrons. The van der Waals surface area contributed by atoms with E-state index >= 15 is 0 Å². The van der Waals surface area contributed by atoms with Crippen molar-refractivity contribution in [1.82, 2.24) is 0 Å². The summed E-state index contributed by atoms with van der Waals surface area (Å²) in [7, 11) is 0. The Hall–Kier alpha value is -2.21. The van der Waals surface area contributed by atoms with Crippen LogP contribution in [0.2, 0.25) is 0 Å². The van der Waals surface area contributed by atoms with Gasteiger partial charge in [0.1, 0.15) is 5.82 Å². The monoisotopic (exact) mass is 407 g/mol. The normalized spacial score (nSPS) is 11.8. The van der Waals surface area contributed by atoms with Gasteiger partial charge in [0.05, 0.1) is 5.56 Å². The van der Waals surface area contributed by atoms with Crippen molar-refractivity contribution >= 4 is 33.5 Å². The summed E-state index contributed by atoms with van der Waals surface area (Å²) in [6, 6.07) is 7.57. The van der Waals surface area contributed by atoms with Crippen molar-refractivity contribution in [2.24, 2.45) is 0 Å². The molecule has 0 aliphatic heterocycles. The fourth-order valence-electron chi connectivity index (χ4n) is 2.53. The molecule has 0 bridgehead atoms. The molecular weight excluding hydrogens is 389 g/mol. The minimum absolute atomic E-state index is 0.156. The lowest BCUT2D eigenvalue weighted by Gasteiger charge is -2.17. The Kier molecular flexibility index (Phi) is 5.95. The SMILES string of the molecule is Cc1cc(C)c(NC(=O)[C@H](C)OC(=O)c2ccc(F)cc2Br)c(C)c1. The second-order valence-electron chi connectivity index (χ2n) is 5.93. The van der Waals surface area contributed by atoms with Crippen LogP contribution in [0.3, 0.4) is 0 Å². The summed E-state index contributed by atoms with van der Waals surface area (Å²) in [4.78, 5) is 24.5. The smallest absolute Gasteiger partial charge is 0.340 e. The first-order chi connectivity index (χ1) is 11.7. The maximum absolute atomic E-state index is 13.1. The molecular formula is C19H19BrFNO3. The van der Waals surface area contributed by atoms with Crippen molar-refractivity contribution < 1.29 is 18.7 Å². The van der Waals surface area contributed by atoms with Crippen LogP contribution in [0.5, 0.6) is 0 Å². The molecule has 4 nitrogen and oxygen atoms in total. The molecule has 2 aromatic rings. The highest BCUT2D eigenvalue weighted by Crippen LogP contribution is 2.23. The number of benzene rings is 2. The lowest BCUT2D eigenvalue weighted by atomic mass is 10.0. The standard InChI is InChI=1S/C19H19BrFNO3/c1-10-7-11(2)17(12(3)8-10)22-18(23)13(4)25-19(24)15-6-5-14(21)9-16(15)20/h5-9,13H,1-4H3,(H,22,23)/t13-/m0/s1. The van der Waals surface area contributed by atoms with Crippen LogP contribution in [-0.2, 0) is 9.53 Å². The molecule has 0 aliphatic rings. The maximum atomic E-state index is 13.1. The number of anilines is 1. The van der Waals surface area contributed by atoms with E-state index < -0.39 is 23.8 Å². The first kappa shape index (κ1) is 19.1. The quantitative estimate of drug-likeness (QED) is 0.747. The van der Waals surface area contributed by atoms with Gasteiger partial charge in [-0.05, 0) is 73.0 Å². The molecule has 0 spiro atoms. The molecule has 0 saturated carbocycles. The lowest BCUT2D eigenvalue weighted by molar-refractivity contribution is -0.123. The number of esters is 1. The Morgan fingerprint density at radius 2 is 1.72 bits per heavy atom. The Bertz CT molecular complexity index is 812. The average Bonchev–Trinajstić information content (AvgIpc) is 2.50. The predicted molar refractivity (Wildman–Crippen MR) is 98.3 cm³/mol. The average molecular weight is 408 g/mol. The zero-order valence-corrected chi connectivity index (χ0v) is 16.0. The third-order valence-electron chi connectivity index (χ3n) is 3.73. The van der Waals surface area contributed by atoms with Gasteiger partial charge >= 0.3 is 5.97 Å². The third-order valence-corrected chi connectivity index (χ3v) is 4.39. The molecule has 0 fully saturated rings. The Morgan fingerprint density at radius 3 is 2.28 bits per heavy atom. The molecule has 0 unspecified atom stereocenters. The molecule has 25 heavy (non-hydrogen) atoms. The van der Waals surface area contributed by atoms with Gasteiger partial charge in [-0.15, -0.1) is 0 Å². The third kappa shape index (κ3) is 4.66. The number of aryl methyl sites for hydroxylation is 3. The van der Waals surface area contributed by atoms with Crippen LogP contribution >= 0.6 is 15.9 Å². The molecule has 0 aliphatic carbocycles. The topological polar surface area (TPSA) is 55.4 Å². The molecule has 0 heterocycles. The zero-order chi connectivity index (χ0) is 18.7. The molecule has 0 aromatic heterocycles. The molecule has 2 rings (SSSR count). The lowest BCUT2D eigenvalue weighted by Crippen LogP contribution is -2.30. The predicted octanol–water partition coefficient (Wildman–Crippen LogP) is 4.70. The first-order valence-electron chi connectivity index (χ1n) is 7.73. The van der Waals surface area contributed by atoms with Crippen LogP contribution in [-0.4, -0.2) is 18.0 Å². The fraction of sp³-hybridized carbons (Fsp3) is 0.263. The summed E-state index contributed by atoms with van der Waals surface area (Å²) in [6.45, 7) is 7.28. The zero-order valence-electron chi connectivity index (χ0n) is 14.4. The number of rotatable bonds is 4. The molecule has 1 atom stereocenters. The van der Waals surface area contributed by atoms with Gasteiger partial charge in [-0.25, -0.2) is 9.18 Å². The van der Waals surface area contributed by atoms with Gasteiger partial charge in [-0.1, -0.05) is 17.7 Å². The number of hydrogen-bond donors (Lipinski definition) is 1. The second-order valence-corrected chi connectivity index (χ2v) is 6.79. The van der Waals surface area contributed by atoms with Gasteiger partial charge in [0, 0.05) is 10.2 Å². The first-order valence-corrected chi connectivity index (χ1v) is 8.53. The van der Waals surface area contributed by atoms with E-state index in [1.807, 2.05) is 32.9 Å². The highest BCUT2D eigenvalue weighted by molar-refractivity contribution is 9.10. The van der Waals surface area contributed by atoms with Gasteiger partial charge in [0.2, 0.25) is 0 Å². The minimum atomic E-state index is -0.996. The highest BCUT2D eigenvalue weighted by Gasteiger charge is 2.21. The van der Waals surface area contributed by atoms with Crippen LogP contribution in [0, 0.1) is 26.6 Å². The summed E-state index contributed by atoms with van der Waals surface area (Å²) in [5.41, 5.74) is 3.84. The molecule has 1 amide bonds. The van der Waals surface area contributed by atoms with E-state index in [1.165, 1.54) is 19.1 Å². The van der Waals surface area contributed by atoms with Crippen molar-refractivity contribution in [3.05, 3.63) is 62.9 Å². The van der Waals surface area contributed by atoms with E-state index in [0.717, 1.165) is 22.8 Å². The van der Waals surface area contributed by atoms with Gasteiger partial charge < -0.3 is 10.1 Å². The second kappa shape index (κ2) is 7.78. The van der Waals surface area contributed by atoms with Gasteiger partial charge in [0.25, 0.3) is 5.91 Å². The molecule has 0 saturated heterocycles. The fourth-order valence-corrected chi connectivity index (χ4v) is 3.05. The van der Waals surface area contributed by atoms with Gasteiger partial charge in [-0.3, -0.25) is 4.79 Å². The van der Waals surface area contributed by atoms with Gasteiger partial charge in [0.15, 0.2) is 6.10 Å². The number of carbonyl (C=O) groups excluding carboxylic acids is 2. The molecule has 1 N–H and O–H groups in total. The largest absolute Gasteiger partial charge is 0.449 e. The molecule has 6 heteroatoms. The van der Waals surface area contributed by atoms with Crippen LogP contribution < -0.4 is 5.32 Å². The number of halogens is 2. The number of carbonyl (C=O) groups is 2. The Morgan fingerprint density at radius 1 is 1.12 bits per heavy atom. The van der Waals surface area contributed by atoms with Crippen molar-refractivity contribution in [3.8, 4) is 0 Å². The van der Waals surface area contributed by atoms with Crippen molar-refractivity contribution in [2.75, 3.05) is 5.32 Å². The number of ether oxygens (including phenoxy) is 1.